The van der Waals surface area contributed by atoms with Gasteiger partial charge in [-0.05, 0) is 38.1 Å². The quantitative estimate of drug-likeness (QED) is 0.624. The first kappa shape index (κ1) is 14.5. The second-order valence-corrected chi connectivity index (χ2v) is 5.27. The molecule has 1 amide bonds. The molecule has 3 atom stereocenters. The molecule has 0 saturated heterocycles. The number of aliphatic hydroxyl groups excluding tert-OH is 1. The van der Waals surface area contributed by atoms with Gasteiger partial charge in [-0.15, -0.1) is 0 Å². The van der Waals surface area contributed by atoms with Gasteiger partial charge in [0, 0.05) is 25.0 Å². The van der Waals surface area contributed by atoms with Gasteiger partial charge in [0.05, 0.1) is 0 Å². The minimum Gasteiger partial charge on any atom is -0.396 e. The molecule has 4 N–H and O–H groups in total. The minimum absolute atomic E-state index is 0.124. The number of aliphatic hydroxyl groups is 1. The maximum Gasteiger partial charge on any atom is 0.220 e. The van der Waals surface area contributed by atoms with E-state index in [9.17, 15) is 9.90 Å². The van der Waals surface area contributed by atoms with Gasteiger partial charge in [-0.3, -0.25) is 4.79 Å². The largest absolute Gasteiger partial charge is 0.396 e. The average Bonchev–Trinajstić information content (AvgIpc) is 2.74. The van der Waals surface area contributed by atoms with E-state index in [1.807, 2.05) is 0 Å². The van der Waals surface area contributed by atoms with Crippen molar-refractivity contribution in [3.63, 3.8) is 0 Å². The summed E-state index contributed by atoms with van der Waals surface area (Å²) in [6.45, 7) is 3.01. The van der Waals surface area contributed by atoms with Crippen LogP contribution in [-0.4, -0.2) is 30.2 Å². The molecule has 3 unspecified atom stereocenters. The van der Waals surface area contributed by atoms with E-state index in [4.69, 9.17) is 5.73 Å². The molecule has 0 aromatic rings. The molecule has 0 spiro atoms. The number of hydrogen-bond acceptors (Lipinski definition) is 3. The number of carbonyl (C=O) groups excluding carboxylic acids is 1. The second-order valence-electron chi connectivity index (χ2n) is 5.27. The molecule has 17 heavy (non-hydrogen) atoms. The summed E-state index contributed by atoms with van der Waals surface area (Å²) < 4.78 is 0. The number of hydrogen-bond donors (Lipinski definition) is 3. The molecular formula is C13H26N2O2. The number of amides is 1. The fraction of sp³-hybridized carbons (Fsp3) is 0.923. The van der Waals surface area contributed by atoms with Crippen LogP contribution in [0.1, 0.15) is 45.4 Å². The molecule has 1 saturated carbocycles. The normalized spacial score (nSPS) is 25.8. The van der Waals surface area contributed by atoms with Crippen LogP contribution in [0.3, 0.4) is 0 Å². The lowest BCUT2D eigenvalue weighted by molar-refractivity contribution is -0.122. The first-order chi connectivity index (χ1) is 8.17. The standard InChI is InChI=1S/C13H26N2O2/c1-10(7-8-14)5-6-13(17)15-12-4-2-3-11(12)9-16/h10-12,16H,2-9,14H2,1H3,(H,15,17). The van der Waals surface area contributed by atoms with Crippen molar-refractivity contribution in [3.8, 4) is 0 Å². The molecule has 0 bridgehead atoms. The third-order valence-electron chi connectivity index (χ3n) is 3.76. The van der Waals surface area contributed by atoms with Gasteiger partial charge >= 0.3 is 0 Å². The van der Waals surface area contributed by atoms with Crippen molar-refractivity contribution >= 4 is 5.91 Å². The predicted molar refractivity (Wildman–Crippen MR) is 68.4 cm³/mol. The van der Waals surface area contributed by atoms with Crippen LogP contribution in [0, 0.1) is 11.8 Å². The van der Waals surface area contributed by atoms with E-state index in [0.29, 0.717) is 18.9 Å². The Morgan fingerprint density at radius 3 is 2.88 bits per heavy atom. The van der Waals surface area contributed by atoms with Crippen molar-refractivity contribution in [1.82, 2.24) is 5.32 Å². The fourth-order valence-corrected chi connectivity index (χ4v) is 2.53. The topological polar surface area (TPSA) is 75.4 Å². The number of nitrogens with two attached hydrogens (primary N) is 1. The van der Waals surface area contributed by atoms with Crippen LogP contribution in [0.2, 0.25) is 0 Å². The highest BCUT2D eigenvalue weighted by Crippen LogP contribution is 2.25. The summed E-state index contributed by atoms with van der Waals surface area (Å²) in [5.41, 5.74) is 5.48. The highest BCUT2D eigenvalue weighted by molar-refractivity contribution is 5.76. The van der Waals surface area contributed by atoms with Crippen LogP contribution in [0.25, 0.3) is 0 Å². The van der Waals surface area contributed by atoms with Crippen LogP contribution in [0.15, 0.2) is 0 Å². The molecule has 1 rings (SSSR count). The lowest BCUT2D eigenvalue weighted by atomic mass is 10.0. The molecule has 4 heteroatoms. The van der Waals surface area contributed by atoms with Gasteiger partial charge in [0.2, 0.25) is 5.91 Å². The minimum atomic E-state index is 0.124. The highest BCUT2D eigenvalue weighted by Gasteiger charge is 2.27. The van der Waals surface area contributed by atoms with Gasteiger partial charge in [0.1, 0.15) is 0 Å². The van der Waals surface area contributed by atoms with E-state index in [1.165, 1.54) is 0 Å². The van der Waals surface area contributed by atoms with Crippen molar-refractivity contribution in [3.05, 3.63) is 0 Å². The van der Waals surface area contributed by atoms with E-state index in [2.05, 4.69) is 12.2 Å². The van der Waals surface area contributed by atoms with E-state index in [-0.39, 0.29) is 24.5 Å². The first-order valence-corrected chi connectivity index (χ1v) is 6.77. The van der Waals surface area contributed by atoms with E-state index >= 15 is 0 Å². The molecular weight excluding hydrogens is 216 g/mol. The third kappa shape index (κ3) is 5.04. The van der Waals surface area contributed by atoms with E-state index in [1.54, 1.807) is 0 Å². The summed E-state index contributed by atoms with van der Waals surface area (Å²) in [6, 6.07) is 0.192. The van der Waals surface area contributed by atoms with Gasteiger partial charge in [-0.25, -0.2) is 0 Å². The summed E-state index contributed by atoms with van der Waals surface area (Å²) in [5, 5.41) is 12.2. The number of carbonyl (C=O) groups is 1. The average molecular weight is 242 g/mol. The summed E-state index contributed by atoms with van der Waals surface area (Å²) in [5.74, 6) is 0.905. The molecule has 4 nitrogen and oxygen atoms in total. The number of rotatable bonds is 7. The van der Waals surface area contributed by atoms with Gasteiger partial charge in [0.15, 0.2) is 0 Å². The van der Waals surface area contributed by atoms with Crippen LogP contribution in [0.4, 0.5) is 0 Å². The highest BCUT2D eigenvalue weighted by atomic mass is 16.3. The lowest BCUT2D eigenvalue weighted by Gasteiger charge is -2.19. The van der Waals surface area contributed by atoms with Gasteiger partial charge in [-0.2, -0.15) is 0 Å². The molecule has 0 aromatic heterocycles. The smallest absolute Gasteiger partial charge is 0.220 e. The van der Waals surface area contributed by atoms with E-state index in [0.717, 1.165) is 32.1 Å². The van der Waals surface area contributed by atoms with Crippen molar-refractivity contribution < 1.29 is 9.90 Å². The van der Waals surface area contributed by atoms with Crippen LogP contribution >= 0.6 is 0 Å². The maximum absolute atomic E-state index is 11.7. The Labute approximate surface area is 104 Å². The maximum atomic E-state index is 11.7. The summed E-state index contributed by atoms with van der Waals surface area (Å²) in [4.78, 5) is 11.7. The van der Waals surface area contributed by atoms with Crippen LogP contribution < -0.4 is 11.1 Å². The van der Waals surface area contributed by atoms with E-state index < -0.39 is 0 Å². The molecule has 0 aliphatic heterocycles. The summed E-state index contributed by atoms with van der Waals surface area (Å²) in [7, 11) is 0. The van der Waals surface area contributed by atoms with Crippen molar-refractivity contribution in [1.29, 1.82) is 0 Å². The van der Waals surface area contributed by atoms with Crippen molar-refractivity contribution in [2.75, 3.05) is 13.2 Å². The first-order valence-electron chi connectivity index (χ1n) is 6.77. The summed E-state index contributed by atoms with van der Waals surface area (Å²) in [6.07, 6.45) is 5.62. The molecule has 0 heterocycles. The Balaban J connectivity index is 2.20. The van der Waals surface area contributed by atoms with Crippen LogP contribution in [0.5, 0.6) is 0 Å². The van der Waals surface area contributed by atoms with Gasteiger partial charge in [-0.1, -0.05) is 13.3 Å². The Morgan fingerprint density at radius 2 is 2.24 bits per heavy atom. The zero-order valence-corrected chi connectivity index (χ0v) is 10.8. The van der Waals surface area contributed by atoms with Crippen LogP contribution in [-0.2, 0) is 4.79 Å². The Kier molecular flexibility index (Phi) is 6.52. The zero-order valence-electron chi connectivity index (χ0n) is 10.8. The second kappa shape index (κ2) is 7.67. The monoisotopic (exact) mass is 242 g/mol. The Morgan fingerprint density at radius 1 is 1.47 bits per heavy atom. The Hall–Kier alpha value is -0.610. The fourth-order valence-electron chi connectivity index (χ4n) is 2.53. The van der Waals surface area contributed by atoms with Crippen molar-refractivity contribution in [2.45, 2.75) is 51.5 Å². The Bertz CT molecular complexity index is 233. The predicted octanol–water partition coefficient (Wildman–Crippen LogP) is 1.03. The molecule has 1 aliphatic rings. The molecule has 0 radical (unpaired) electrons. The molecule has 100 valence electrons. The van der Waals surface area contributed by atoms with Crippen molar-refractivity contribution in [2.24, 2.45) is 17.6 Å². The number of nitrogens with one attached hydrogen (secondary N) is 1. The zero-order chi connectivity index (χ0) is 12.7. The third-order valence-corrected chi connectivity index (χ3v) is 3.76. The van der Waals surface area contributed by atoms with Gasteiger partial charge in [0.25, 0.3) is 0 Å². The lowest BCUT2D eigenvalue weighted by Crippen LogP contribution is -2.38. The summed E-state index contributed by atoms with van der Waals surface area (Å²) >= 11 is 0. The molecule has 0 aromatic carbocycles. The molecule has 1 aliphatic carbocycles. The van der Waals surface area contributed by atoms with Gasteiger partial charge < -0.3 is 16.2 Å². The SMILES string of the molecule is CC(CCN)CCC(=O)NC1CCCC1CO. The molecule has 1 fully saturated rings.